The van der Waals surface area contributed by atoms with Gasteiger partial charge in [0.05, 0.1) is 0 Å². The van der Waals surface area contributed by atoms with Crippen LogP contribution in [0.1, 0.15) is 11.1 Å². The molecule has 1 rings (SSSR count). The third-order valence-corrected chi connectivity index (χ3v) is 2.42. The normalized spacial score (nSPS) is 12.8. The topological polar surface area (TPSA) is 66.4 Å². The molecule has 7 heteroatoms. The smallest absolute Gasteiger partial charge is 0.471 e. The summed E-state index contributed by atoms with van der Waals surface area (Å²) in [7, 11) is 0. The first-order chi connectivity index (χ1) is 8.70. The number of carboxylic acids is 1. The number of aliphatic carboxylic acids is 1. The van der Waals surface area contributed by atoms with Crippen molar-refractivity contribution >= 4 is 11.9 Å². The van der Waals surface area contributed by atoms with Crippen molar-refractivity contribution in [2.45, 2.75) is 25.6 Å². The highest BCUT2D eigenvalue weighted by atomic mass is 19.4. The summed E-state index contributed by atoms with van der Waals surface area (Å²) in [5.41, 5.74) is 1.47. The van der Waals surface area contributed by atoms with Crippen LogP contribution in [0, 0.1) is 6.92 Å². The van der Waals surface area contributed by atoms with Crippen LogP contribution in [0.15, 0.2) is 24.3 Å². The van der Waals surface area contributed by atoms with Crippen molar-refractivity contribution < 1.29 is 27.9 Å². The molecule has 0 aliphatic rings. The van der Waals surface area contributed by atoms with Gasteiger partial charge in [0.25, 0.3) is 0 Å². The van der Waals surface area contributed by atoms with E-state index in [0.29, 0.717) is 5.56 Å². The minimum atomic E-state index is -5.10. The second kappa shape index (κ2) is 5.73. The van der Waals surface area contributed by atoms with Crippen LogP contribution >= 0.6 is 0 Å². The van der Waals surface area contributed by atoms with Crippen molar-refractivity contribution in [1.29, 1.82) is 0 Å². The molecule has 104 valence electrons. The Hall–Kier alpha value is -2.05. The molecule has 2 N–H and O–H groups in total. The number of halogens is 3. The maximum atomic E-state index is 12.1. The summed E-state index contributed by atoms with van der Waals surface area (Å²) in [4.78, 5) is 21.6. The monoisotopic (exact) mass is 275 g/mol. The Bertz CT molecular complexity index is 468. The van der Waals surface area contributed by atoms with E-state index in [0.717, 1.165) is 5.56 Å². The van der Waals surface area contributed by atoms with E-state index in [1.807, 2.05) is 6.92 Å². The van der Waals surface area contributed by atoms with Gasteiger partial charge < -0.3 is 10.4 Å². The molecule has 0 aliphatic heterocycles. The van der Waals surface area contributed by atoms with Gasteiger partial charge in [0, 0.05) is 6.42 Å². The van der Waals surface area contributed by atoms with Crippen LogP contribution in [0.25, 0.3) is 0 Å². The van der Waals surface area contributed by atoms with E-state index in [2.05, 4.69) is 0 Å². The van der Waals surface area contributed by atoms with Crippen molar-refractivity contribution in [3.05, 3.63) is 35.4 Å². The van der Waals surface area contributed by atoms with Gasteiger partial charge in [-0.1, -0.05) is 29.8 Å². The van der Waals surface area contributed by atoms with Crippen LogP contribution in [0.5, 0.6) is 0 Å². The summed E-state index contributed by atoms with van der Waals surface area (Å²) in [6.45, 7) is 1.82. The molecular weight excluding hydrogens is 263 g/mol. The maximum absolute atomic E-state index is 12.1. The molecule has 0 heterocycles. The Kier molecular flexibility index (Phi) is 4.52. The zero-order valence-corrected chi connectivity index (χ0v) is 9.99. The fraction of sp³-hybridized carbons (Fsp3) is 0.333. The lowest BCUT2D eigenvalue weighted by Gasteiger charge is -2.15. The van der Waals surface area contributed by atoms with E-state index in [4.69, 9.17) is 5.11 Å². The molecule has 19 heavy (non-hydrogen) atoms. The molecule has 1 atom stereocenters. The summed E-state index contributed by atoms with van der Waals surface area (Å²) < 4.78 is 36.2. The Balaban J connectivity index is 2.77. The van der Waals surface area contributed by atoms with Gasteiger partial charge in [-0.05, 0) is 12.5 Å². The Morgan fingerprint density at radius 1 is 1.26 bits per heavy atom. The van der Waals surface area contributed by atoms with Gasteiger partial charge in [-0.25, -0.2) is 4.79 Å². The average molecular weight is 275 g/mol. The van der Waals surface area contributed by atoms with Gasteiger partial charge >= 0.3 is 18.1 Å². The van der Waals surface area contributed by atoms with Crippen molar-refractivity contribution in [3.63, 3.8) is 0 Å². The van der Waals surface area contributed by atoms with E-state index in [1.165, 1.54) is 5.32 Å². The van der Waals surface area contributed by atoms with Crippen LogP contribution in [0.2, 0.25) is 0 Å². The van der Waals surface area contributed by atoms with E-state index in [-0.39, 0.29) is 6.42 Å². The van der Waals surface area contributed by atoms with Gasteiger partial charge in [-0.2, -0.15) is 13.2 Å². The van der Waals surface area contributed by atoms with Crippen LogP contribution in [-0.4, -0.2) is 29.2 Å². The van der Waals surface area contributed by atoms with Crippen LogP contribution in [0.4, 0.5) is 13.2 Å². The molecule has 4 nitrogen and oxygen atoms in total. The summed E-state index contributed by atoms with van der Waals surface area (Å²) in [5, 5.41) is 10.3. The zero-order chi connectivity index (χ0) is 14.6. The van der Waals surface area contributed by atoms with Crippen molar-refractivity contribution in [3.8, 4) is 0 Å². The first-order valence-corrected chi connectivity index (χ1v) is 5.36. The van der Waals surface area contributed by atoms with E-state index < -0.39 is 24.1 Å². The molecule has 1 amide bonds. The van der Waals surface area contributed by atoms with Crippen LogP contribution in [0.3, 0.4) is 0 Å². The highest BCUT2D eigenvalue weighted by Crippen LogP contribution is 2.15. The predicted octanol–water partition coefficient (Wildman–Crippen LogP) is 1.67. The third kappa shape index (κ3) is 4.61. The minimum Gasteiger partial charge on any atom is -0.480 e. The molecule has 0 saturated heterocycles. The molecule has 0 bridgehead atoms. The van der Waals surface area contributed by atoms with Gasteiger partial charge in [0.1, 0.15) is 6.04 Å². The first kappa shape index (κ1) is 15.0. The summed E-state index contributed by atoms with van der Waals surface area (Å²) in [6, 6.07) is 5.01. The minimum absolute atomic E-state index is 0.211. The third-order valence-electron chi connectivity index (χ3n) is 2.42. The molecule has 0 aromatic heterocycles. The number of carbonyl (C=O) groups is 2. The molecule has 1 aromatic rings. The van der Waals surface area contributed by atoms with Crippen LogP contribution in [-0.2, 0) is 16.0 Å². The van der Waals surface area contributed by atoms with Crippen molar-refractivity contribution in [2.24, 2.45) is 0 Å². The fourth-order valence-corrected chi connectivity index (χ4v) is 1.40. The number of alkyl halides is 3. The summed E-state index contributed by atoms with van der Waals surface area (Å²) in [6.07, 6.45) is -5.31. The number of aryl methyl sites for hydroxylation is 1. The molecule has 0 radical (unpaired) electrons. The predicted molar refractivity (Wildman–Crippen MR) is 60.5 cm³/mol. The summed E-state index contributed by atoms with van der Waals surface area (Å²) >= 11 is 0. The first-order valence-electron chi connectivity index (χ1n) is 5.36. The highest BCUT2D eigenvalue weighted by Gasteiger charge is 2.40. The number of carbonyl (C=O) groups excluding carboxylic acids is 1. The number of carboxylic acid groups (broad SMARTS) is 1. The number of hydrogen-bond donors (Lipinski definition) is 2. The number of nitrogens with one attached hydrogen (secondary N) is 1. The Morgan fingerprint density at radius 2 is 1.79 bits per heavy atom. The van der Waals surface area contributed by atoms with Gasteiger partial charge in [-0.15, -0.1) is 0 Å². The van der Waals surface area contributed by atoms with Crippen molar-refractivity contribution in [2.75, 3.05) is 0 Å². The van der Waals surface area contributed by atoms with E-state index >= 15 is 0 Å². The molecular formula is C12H12F3NO3. The van der Waals surface area contributed by atoms with E-state index in [9.17, 15) is 22.8 Å². The van der Waals surface area contributed by atoms with Crippen LogP contribution < -0.4 is 5.32 Å². The largest absolute Gasteiger partial charge is 0.480 e. The highest BCUT2D eigenvalue weighted by molar-refractivity contribution is 5.87. The van der Waals surface area contributed by atoms with E-state index in [1.54, 1.807) is 24.3 Å². The standard InChI is InChI=1S/C12H12F3NO3/c1-7-2-4-8(5-3-7)6-9(10(17)18)16-11(19)12(13,14)15/h2-5,9H,6H2,1H3,(H,16,19)(H,17,18)/t9-/m0/s1. The number of rotatable bonds is 4. The molecule has 0 aliphatic carbocycles. The lowest BCUT2D eigenvalue weighted by molar-refractivity contribution is -0.175. The SMILES string of the molecule is Cc1ccc(C[C@H](NC(=O)C(F)(F)F)C(=O)O)cc1. The second-order valence-electron chi connectivity index (χ2n) is 4.05. The van der Waals surface area contributed by atoms with Gasteiger partial charge in [-0.3, -0.25) is 4.79 Å². The molecule has 1 aromatic carbocycles. The quantitative estimate of drug-likeness (QED) is 0.878. The van der Waals surface area contributed by atoms with Gasteiger partial charge in [0.15, 0.2) is 0 Å². The lowest BCUT2D eigenvalue weighted by Crippen LogP contribution is -2.47. The number of hydrogen-bond acceptors (Lipinski definition) is 2. The van der Waals surface area contributed by atoms with Crippen molar-refractivity contribution in [1.82, 2.24) is 5.32 Å². The summed E-state index contributed by atoms with van der Waals surface area (Å²) in [5.74, 6) is -3.77. The van der Waals surface area contributed by atoms with Gasteiger partial charge in [0.2, 0.25) is 0 Å². The maximum Gasteiger partial charge on any atom is 0.471 e. The molecule has 0 fully saturated rings. The zero-order valence-electron chi connectivity index (χ0n) is 9.99. The Morgan fingerprint density at radius 3 is 2.21 bits per heavy atom. The molecule has 0 unspecified atom stereocenters. The second-order valence-corrected chi connectivity index (χ2v) is 4.05. The Labute approximate surface area is 107 Å². The molecule has 0 spiro atoms. The number of benzene rings is 1. The fourth-order valence-electron chi connectivity index (χ4n) is 1.40. The lowest BCUT2D eigenvalue weighted by atomic mass is 10.0. The number of amides is 1. The average Bonchev–Trinajstić information content (AvgIpc) is 2.29. The molecule has 0 saturated carbocycles.